The minimum absolute atomic E-state index is 0.0407. The molecule has 1 saturated carbocycles. The number of aliphatic hydroxyl groups is 3. The smallest absolute Gasteiger partial charge is 0.269 e. The Labute approximate surface area is 243 Å². The summed E-state index contributed by atoms with van der Waals surface area (Å²) in [6.07, 6.45) is -2.87. The highest BCUT2D eigenvalue weighted by Crippen LogP contribution is 2.28. The van der Waals surface area contributed by atoms with E-state index in [0.717, 1.165) is 21.8 Å². The van der Waals surface area contributed by atoms with E-state index in [-0.39, 0.29) is 12.5 Å². The Morgan fingerprint density at radius 3 is 2.57 bits per heavy atom. The van der Waals surface area contributed by atoms with Gasteiger partial charge in [0.05, 0.1) is 36.0 Å². The molecule has 1 amide bonds. The maximum Gasteiger partial charge on any atom is 0.269 e. The molecule has 0 radical (unpaired) electrons. The van der Waals surface area contributed by atoms with Crippen molar-refractivity contribution in [2.45, 2.75) is 80.2 Å². The van der Waals surface area contributed by atoms with Crippen LogP contribution in [-0.4, -0.2) is 112 Å². The summed E-state index contributed by atoms with van der Waals surface area (Å²) < 4.78 is 11.8. The highest BCUT2D eigenvalue weighted by atomic mass is 16.7. The Kier molecular flexibility index (Phi) is 9.69. The van der Waals surface area contributed by atoms with E-state index in [0.29, 0.717) is 38.0 Å². The number of carbonyl (C=O) groups is 1. The molecular formula is C28H42N8O6. The average Bonchev–Trinajstić information content (AvgIpc) is 3.36. The van der Waals surface area contributed by atoms with Crippen LogP contribution >= 0.6 is 0 Å². The third-order valence-corrected chi connectivity index (χ3v) is 8.29. The van der Waals surface area contributed by atoms with Crippen molar-refractivity contribution in [1.29, 1.82) is 0 Å². The zero-order valence-electron chi connectivity index (χ0n) is 23.3. The van der Waals surface area contributed by atoms with Crippen LogP contribution in [0.15, 0.2) is 36.5 Å². The van der Waals surface area contributed by atoms with Gasteiger partial charge in [0.1, 0.15) is 24.0 Å². The fourth-order valence-corrected chi connectivity index (χ4v) is 5.85. The van der Waals surface area contributed by atoms with Gasteiger partial charge in [0.2, 0.25) is 0 Å². The summed E-state index contributed by atoms with van der Waals surface area (Å²) in [6, 6.07) is 6.89. The maximum atomic E-state index is 12.7. The number of aromatic nitrogens is 2. The van der Waals surface area contributed by atoms with Gasteiger partial charge in [-0.1, -0.05) is 18.2 Å². The maximum absolute atomic E-state index is 12.7. The Hall–Kier alpha value is -2.76. The Bertz CT molecular complexity index is 1360. The zero-order chi connectivity index (χ0) is 30.0. The molecule has 14 N–H and O–H groups in total. The molecule has 2 aromatic heterocycles. The summed E-state index contributed by atoms with van der Waals surface area (Å²) >= 11 is 0. The number of nitrogens with two attached hydrogens (primary N) is 4. The molecule has 230 valence electrons. The third-order valence-electron chi connectivity index (χ3n) is 8.29. The highest BCUT2D eigenvalue weighted by molar-refractivity contribution is 6.09. The number of fused-ring (bicyclic) bond motifs is 3. The molecule has 42 heavy (non-hydrogen) atoms. The number of pyridine rings is 1. The van der Waals surface area contributed by atoms with Crippen LogP contribution in [0.5, 0.6) is 0 Å². The van der Waals surface area contributed by atoms with Gasteiger partial charge >= 0.3 is 0 Å². The van der Waals surface area contributed by atoms with Crippen molar-refractivity contribution in [2.75, 3.05) is 19.6 Å². The topological polar surface area (TPSA) is 253 Å². The van der Waals surface area contributed by atoms with Gasteiger partial charge < -0.3 is 63.3 Å². The summed E-state index contributed by atoms with van der Waals surface area (Å²) in [6.45, 7) is 0.882. The molecule has 1 aliphatic carbocycles. The number of rotatable bonds is 10. The van der Waals surface area contributed by atoms with Crippen LogP contribution in [0.1, 0.15) is 29.8 Å². The van der Waals surface area contributed by atoms with Crippen molar-refractivity contribution in [2.24, 2.45) is 22.9 Å². The second-order valence-electron chi connectivity index (χ2n) is 11.2. The number of aromatic amines is 1. The van der Waals surface area contributed by atoms with Crippen molar-refractivity contribution in [3.8, 4) is 0 Å². The monoisotopic (exact) mass is 586 g/mol. The number of hydrogen-bond donors (Lipinski definition) is 10. The number of nitrogens with one attached hydrogen (secondary N) is 3. The SMILES string of the molecule is NC[C@H]1O[C@H](O[C@H]2[C@@H](NCCCCNC(=O)c3cc4c(cn3)[nH]c3ccccc34)[C@@H](O)[C@H](N)C[C@@H]2N)[C@H](N)[C@@H](O)[C@@H]1O. The summed E-state index contributed by atoms with van der Waals surface area (Å²) in [4.78, 5) is 20.4. The second kappa shape index (κ2) is 13.3. The van der Waals surface area contributed by atoms with Crippen LogP contribution in [0.25, 0.3) is 21.8 Å². The molecule has 0 bridgehead atoms. The van der Waals surface area contributed by atoms with Crippen LogP contribution in [0, 0.1) is 0 Å². The van der Waals surface area contributed by atoms with E-state index in [9.17, 15) is 20.1 Å². The van der Waals surface area contributed by atoms with E-state index < -0.39 is 61.0 Å². The van der Waals surface area contributed by atoms with Crippen molar-refractivity contribution < 1.29 is 29.6 Å². The van der Waals surface area contributed by atoms with Gasteiger partial charge in [0.15, 0.2) is 6.29 Å². The van der Waals surface area contributed by atoms with Crippen LogP contribution < -0.4 is 33.6 Å². The molecule has 14 nitrogen and oxygen atoms in total. The van der Waals surface area contributed by atoms with E-state index in [1.807, 2.05) is 24.3 Å². The molecule has 10 atom stereocenters. The molecule has 2 fully saturated rings. The number of hydrogen-bond acceptors (Lipinski definition) is 12. The van der Waals surface area contributed by atoms with Gasteiger partial charge in [0.25, 0.3) is 5.91 Å². The van der Waals surface area contributed by atoms with Gasteiger partial charge in [0, 0.05) is 41.5 Å². The molecule has 3 aromatic rings. The molecule has 1 saturated heterocycles. The summed E-state index contributed by atoms with van der Waals surface area (Å²) in [5.41, 5.74) is 26.5. The van der Waals surface area contributed by atoms with E-state index in [4.69, 9.17) is 32.4 Å². The lowest BCUT2D eigenvalue weighted by atomic mass is 9.82. The standard InChI is InChI=1S/C28H42N8O6/c29-11-20-24(38)25(39)21(32)28(41-20)42-26-16(31)10-15(30)23(37)22(26)33-7-3-4-8-34-27(40)18-9-14-13-5-1-2-6-17(13)36-19(14)12-35-18/h1-2,5-6,9,12,15-16,20-26,28,33,36-39H,3-4,7-8,10-11,29-32H2,(H,34,40)/t15-,16+,20-,21-,22+,23+,24-,25-,26-,28-/m1/s1. The predicted octanol–water partition coefficient (Wildman–Crippen LogP) is -2.28. The average molecular weight is 587 g/mol. The number of nitrogens with zero attached hydrogens (tertiary/aromatic N) is 1. The van der Waals surface area contributed by atoms with E-state index in [1.165, 1.54) is 0 Å². The van der Waals surface area contributed by atoms with Gasteiger partial charge in [-0.3, -0.25) is 4.79 Å². The normalized spacial score (nSPS) is 33.7. The lowest BCUT2D eigenvalue weighted by Crippen LogP contribution is -2.69. The fourth-order valence-electron chi connectivity index (χ4n) is 5.85. The number of unbranched alkanes of at least 4 members (excludes halogenated alkanes) is 1. The summed E-state index contributed by atoms with van der Waals surface area (Å²) in [7, 11) is 0. The second-order valence-corrected chi connectivity index (χ2v) is 11.2. The minimum Gasteiger partial charge on any atom is -0.390 e. The summed E-state index contributed by atoms with van der Waals surface area (Å²) in [5, 5.41) is 39.5. The predicted molar refractivity (Wildman–Crippen MR) is 156 cm³/mol. The first kappa shape index (κ1) is 30.7. The van der Waals surface area contributed by atoms with Crippen molar-refractivity contribution >= 4 is 27.7 Å². The van der Waals surface area contributed by atoms with Gasteiger partial charge in [-0.05, 0) is 37.9 Å². The molecule has 2 aliphatic rings. The van der Waals surface area contributed by atoms with Crippen LogP contribution in [0.3, 0.4) is 0 Å². The first-order valence-electron chi connectivity index (χ1n) is 14.4. The van der Waals surface area contributed by atoms with E-state index in [2.05, 4.69) is 20.6 Å². The van der Waals surface area contributed by atoms with Gasteiger partial charge in [-0.15, -0.1) is 0 Å². The van der Waals surface area contributed by atoms with Crippen LogP contribution in [-0.2, 0) is 9.47 Å². The number of benzene rings is 1. The molecule has 0 unspecified atom stereocenters. The number of H-pyrrole nitrogens is 1. The molecule has 3 heterocycles. The molecule has 1 aliphatic heterocycles. The van der Waals surface area contributed by atoms with Crippen molar-refractivity contribution in [3.63, 3.8) is 0 Å². The fraction of sp³-hybridized carbons (Fsp3) is 0.571. The highest BCUT2D eigenvalue weighted by Gasteiger charge is 2.48. The van der Waals surface area contributed by atoms with Crippen LogP contribution in [0.2, 0.25) is 0 Å². The zero-order valence-corrected chi connectivity index (χ0v) is 23.3. The molecule has 14 heteroatoms. The number of carbonyl (C=O) groups excluding carboxylic acids is 1. The quantitative estimate of drug-likeness (QED) is 0.113. The van der Waals surface area contributed by atoms with Crippen molar-refractivity contribution in [3.05, 3.63) is 42.2 Å². The van der Waals surface area contributed by atoms with E-state index >= 15 is 0 Å². The Morgan fingerprint density at radius 1 is 1.02 bits per heavy atom. The number of para-hydroxylation sites is 1. The first-order valence-corrected chi connectivity index (χ1v) is 14.4. The number of amides is 1. The largest absolute Gasteiger partial charge is 0.390 e. The van der Waals surface area contributed by atoms with Gasteiger partial charge in [-0.2, -0.15) is 0 Å². The molecule has 1 aromatic carbocycles. The molecule has 0 spiro atoms. The number of aliphatic hydroxyl groups excluding tert-OH is 3. The lowest BCUT2D eigenvalue weighted by Gasteiger charge is -2.47. The lowest BCUT2D eigenvalue weighted by molar-refractivity contribution is -0.279. The Balaban J connectivity index is 1.13. The minimum atomic E-state index is -1.30. The van der Waals surface area contributed by atoms with Gasteiger partial charge in [-0.25, -0.2) is 4.98 Å². The molecule has 5 rings (SSSR count). The third kappa shape index (κ3) is 6.28. The molecular weight excluding hydrogens is 544 g/mol. The van der Waals surface area contributed by atoms with Crippen molar-refractivity contribution in [1.82, 2.24) is 20.6 Å². The summed E-state index contributed by atoms with van der Waals surface area (Å²) in [5.74, 6) is -0.254. The number of ether oxygens (including phenoxy) is 2. The van der Waals surface area contributed by atoms with E-state index in [1.54, 1.807) is 12.3 Å². The van der Waals surface area contributed by atoms with Crippen LogP contribution in [0.4, 0.5) is 0 Å². The first-order chi connectivity index (χ1) is 20.2. The Morgan fingerprint density at radius 2 is 1.79 bits per heavy atom.